The molecule has 0 saturated carbocycles. The van der Waals surface area contributed by atoms with Crippen molar-refractivity contribution in [3.8, 4) is 0 Å². The number of anilines is 1. The van der Waals surface area contributed by atoms with Crippen LogP contribution in [0.25, 0.3) is 0 Å². The number of carbonyl (C=O) groups excluding carboxylic acids is 3. The highest BCUT2D eigenvalue weighted by atomic mass is 35.5. The van der Waals surface area contributed by atoms with Gasteiger partial charge in [-0.15, -0.1) is 11.3 Å². The van der Waals surface area contributed by atoms with Crippen LogP contribution in [0, 0.1) is 0 Å². The molecule has 2 aromatic rings. The molecule has 0 radical (unpaired) electrons. The molecule has 0 aliphatic carbocycles. The van der Waals surface area contributed by atoms with Crippen LogP contribution < -0.4 is 10.6 Å². The summed E-state index contributed by atoms with van der Waals surface area (Å²) in [4.78, 5) is 40.3. The van der Waals surface area contributed by atoms with E-state index in [1.165, 1.54) is 18.2 Å². The maximum atomic E-state index is 13.4. The van der Waals surface area contributed by atoms with E-state index in [1.54, 1.807) is 19.1 Å². The first-order valence-electron chi connectivity index (χ1n) is 11.5. The van der Waals surface area contributed by atoms with Gasteiger partial charge in [0.25, 0.3) is 11.8 Å². The zero-order valence-electron chi connectivity index (χ0n) is 20.3. The number of nitrogens with zero attached hydrogens (tertiary/aromatic N) is 1. The second-order valence-corrected chi connectivity index (χ2v) is 10.6. The quantitative estimate of drug-likeness (QED) is 0.367. The Morgan fingerprint density at radius 1 is 1.14 bits per heavy atom. The van der Waals surface area contributed by atoms with Crippen molar-refractivity contribution >= 4 is 46.4 Å². The third-order valence-electron chi connectivity index (χ3n) is 5.97. The van der Waals surface area contributed by atoms with Crippen LogP contribution in [-0.4, -0.2) is 68.7 Å². The predicted octanol–water partition coefficient (Wildman–Crippen LogP) is 3.53. The molecule has 2 heterocycles. The molecule has 35 heavy (non-hydrogen) atoms. The summed E-state index contributed by atoms with van der Waals surface area (Å²) in [5, 5.41) is 5.76. The molecule has 0 unspecified atom stereocenters. The lowest BCUT2D eigenvalue weighted by atomic mass is 10.00. The third-order valence-corrected chi connectivity index (χ3v) is 7.20. The van der Waals surface area contributed by atoms with Crippen LogP contribution in [0.3, 0.4) is 0 Å². The summed E-state index contributed by atoms with van der Waals surface area (Å²) in [6.45, 7) is 3.75. The van der Waals surface area contributed by atoms with Gasteiger partial charge in [-0.05, 0) is 68.6 Å². The van der Waals surface area contributed by atoms with Gasteiger partial charge in [-0.2, -0.15) is 0 Å². The molecule has 0 fully saturated rings. The number of carbonyl (C=O) groups is 3. The Morgan fingerprint density at radius 3 is 2.57 bits per heavy atom. The first kappa shape index (κ1) is 27.1. The molecule has 2 amide bonds. The topological polar surface area (TPSA) is 97.0 Å². The summed E-state index contributed by atoms with van der Waals surface area (Å²) in [6, 6.07) is 9.19. The molecular weight excluding hydrogens is 490 g/mol. The molecule has 0 saturated heterocycles. The minimum atomic E-state index is -1.36. The number of likely N-dealkylation sites (N-methyl/N-ethyl adjacent to an activating group) is 1. The molecule has 1 aliphatic heterocycles. The SMILES string of the molecule is COC(=O)CCCOC[C@@](C)(NC(=O)c1ccc(Cl)s1)C(=O)Nc1ccc2c(c1)CCN(C)CC2. The zero-order chi connectivity index (χ0) is 25.4. The molecule has 1 aromatic carbocycles. The first-order chi connectivity index (χ1) is 16.7. The van der Waals surface area contributed by atoms with E-state index in [0.29, 0.717) is 21.3 Å². The van der Waals surface area contributed by atoms with E-state index in [-0.39, 0.29) is 25.6 Å². The minimum Gasteiger partial charge on any atom is -0.469 e. The molecule has 1 aliphatic rings. The number of thiophene rings is 1. The van der Waals surface area contributed by atoms with Gasteiger partial charge in [0.15, 0.2) is 0 Å². The van der Waals surface area contributed by atoms with Gasteiger partial charge in [0, 0.05) is 31.8 Å². The van der Waals surface area contributed by atoms with E-state index in [4.69, 9.17) is 16.3 Å². The second-order valence-electron chi connectivity index (χ2n) is 8.86. The molecule has 8 nitrogen and oxygen atoms in total. The van der Waals surface area contributed by atoms with Gasteiger partial charge in [-0.3, -0.25) is 14.4 Å². The lowest BCUT2D eigenvalue weighted by molar-refractivity contribution is -0.141. The number of benzene rings is 1. The molecule has 3 rings (SSSR count). The number of esters is 1. The molecule has 0 spiro atoms. The summed E-state index contributed by atoms with van der Waals surface area (Å²) in [6.07, 6.45) is 2.53. The Morgan fingerprint density at radius 2 is 1.89 bits per heavy atom. The third kappa shape index (κ3) is 7.76. The molecule has 10 heteroatoms. The van der Waals surface area contributed by atoms with Gasteiger partial charge in [-0.25, -0.2) is 0 Å². The van der Waals surface area contributed by atoms with Gasteiger partial charge in [0.05, 0.1) is 22.9 Å². The first-order valence-corrected chi connectivity index (χ1v) is 12.7. The maximum absolute atomic E-state index is 13.4. The molecule has 2 N–H and O–H groups in total. The van der Waals surface area contributed by atoms with E-state index in [2.05, 4.69) is 33.4 Å². The fourth-order valence-corrected chi connectivity index (χ4v) is 4.73. The lowest BCUT2D eigenvalue weighted by Crippen LogP contribution is -2.57. The number of halogens is 1. The summed E-state index contributed by atoms with van der Waals surface area (Å²) < 4.78 is 10.8. The largest absolute Gasteiger partial charge is 0.469 e. The van der Waals surface area contributed by atoms with E-state index in [0.717, 1.165) is 37.3 Å². The number of hydrogen-bond acceptors (Lipinski definition) is 7. The summed E-state index contributed by atoms with van der Waals surface area (Å²) in [5.41, 5.74) is 1.81. The Kier molecular flexibility index (Phi) is 9.68. The Balaban J connectivity index is 1.71. The van der Waals surface area contributed by atoms with Crippen LogP contribution in [0.15, 0.2) is 30.3 Å². The molecule has 0 bridgehead atoms. The number of fused-ring (bicyclic) bond motifs is 1. The Labute approximate surface area is 214 Å². The van der Waals surface area contributed by atoms with Gasteiger partial charge >= 0.3 is 5.97 Å². The monoisotopic (exact) mass is 521 g/mol. The summed E-state index contributed by atoms with van der Waals surface area (Å²) >= 11 is 7.11. The van der Waals surface area contributed by atoms with Crippen molar-refractivity contribution in [1.82, 2.24) is 10.2 Å². The molecule has 1 aromatic heterocycles. The van der Waals surface area contributed by atoms with Crippen LogP contribution in [0.2, 0.25) is 4.34 Å². The summed E-state index contributed by atoms with van der Waals surface area (Å²) in [7, 11) is 3.44. The van der Waals surface area contributed by atoms with E-state index >= 15 is 0 Å². The zero-order valence-corrected chi connectivity index (χ0v) is 21.9. The normalized spacial score (nSPS) is 15.4. The van der Waals surface area contributed by atoms with Gasteiger partial charge in [0.2, 0.25) is 0 Å². The van der Waals surface area contributed by atoms with Crippen molar-refractivity contribution < 1.29 is 23.9 Å². The highest BCUT2D eigenvalue weighted by Crippen LogP contribution is 2.24. The second kappa shape index (κ2) is 12.5. The highest BCUT2D eigenvalue weighted by molar-refractivity contribution is 7.18. The van der Waals surface area contributed by atoms with Crippen molar-refractivity contribution in [2.24, 2.45) is 0 Å². The van der Waals surface area contributed by atoms with Gasteiger partial charge < -0.3 is 25.0 Å². The van der Waals surface area contributed by atoms with E-state index < -0.39 is 17.4 Å². The van der Waals surface area contributed by atoms with Gasteiger partial charge in [-0.1, -0.05) is 17.7 Å². The van der Waals surface area contributed by atoms with Crippen LogP contribution >= 0.6 is 22.9 Å². The average molecular weight is 522 g/mol. The fraction of sp³-hybridized carbons (Fsp3) is 0.480. The van der Waals surface area contributed by atoms with Crippen LogP contribution in [-0.2, 0) is 31.9 Å². The molecule has 1 atom stereocenters. The van der Waals surface area contributed by atoms with E-state index in [1.807, 2.05) is 12.1 Å². The van der Waals surface area contributed by atoms with E-state index in [9.17, 15) is 14.4 Å². The lowest BCUT2D eigenvalue weighted by Gasteiger charge is -2.29. The number of methoxy groups -OCH3 is 1. The number of nitrogens with one attached hydrogen (secondary N) is 2. The Bertz CT molecular complexity index is 1060. The van der Waals surface area contributed by atoms with Crippen LogP contribution in [0.4, 0.5) is 5.69 Å². The van der Waals surface area contributed by atoms with Crippen LogP contribution in [0.5, 0.6) is 0 Å². The number of amides is 2. The van der Waals surface area contributed by atoms with Crippen LogP contribution in [0.1, 0.15) is 40.6 Å². The summed E-state index contributed by atoms with van der Waals surface area (Å²) in [5.74, 6) is -1.14. The van der Waals surface area contributed by atoms with Crippen molar-refractivity contribution in [2.75, 3.05) is 45.8 Å². The van der Waals surface area contributed by atoms with Gasteiger partial charge in [0.1, 0.15) is 5.54 Å². The molecular formula is C25H32ClN3O5S. The van der Waals surface area contributed by atoms with Crippen molar-refractivity contribution in [3.05, 3.63) is 50.7 Å². The predicted molar refractivity (Wildman–Crippen MR) is 137 cm³/mol. The van der Waals surface area contributed by atoms with Crippen molar-refractivity contribution in [3.63, 3.8) is 0 Å². The number of ether oxygens (including phenoxy) is 2. The standard InChI is InChI=1S/C25H32ClN3O5S/c1-25(16-34-14-4-5-22(30)33-3,28-23(31)20-8-9-21(26)35-20)24(32)27-19-7-6-17-10-12-29(2)13-11-18(17)15-19/h6-9,15H,4-5,10-14,16H2,1-3H3,(H,27,32)(H,28,31)/t25-/m1/s1. The van der Waals surface area contributed by atoms with Crippen molar-refractivity contribution in [1.29, 1.82) is 0 Å². The Hall–Kier alpha value is -2.46. The average Bonchev–Trinajstić information content (AvgIpc) is 3.19. The fourth-order valence-electron chi connectivity index (χ4n) is 3.79. The number of hydrogen-bond donors (Lipinski definition) is 2. The maximum Gasteiger partial charge on any atom is 0.305 e. The number of rotatable bonds is 10. The molecule has 190 valence electrons. The highest BCUT2D eigenvalue weighted by Gasteiger charge is 2.36. The smallest absolute Gasteiger partial charge is 0.305 e. The minimum absolute atomic E-state index is 0.0689. The van der Waals surface area contributed by atoms with Crippen molar-refractivity contribution in [2.45, 2.75) is 38.1 Å².